The number of benzene rings is 2. The molecular weight excluding hydrogens is 332 g/mol. The first-order chi connectivity index (χ1) is 12.5. The number of amides is 2. The minimum atomic E-state index is -0.453. The van der Waals surface area contributed by atoms with Crippen LogP contribution in [0.1, 0.15) is 34.3 Å². The fourth-order valence-corrected chi connectivity index (χ4v) is 2.26. The lowest BCUT2D eigenvalue weighted by Crippen LogP contribution is -2.41. The molecule has 6 heteroatoms. The summed E-state index contributed by atoms with van der Waals surface area (Å²) < 4.78 is 5.10. The molecule has 2 aromatic rings. The molecule has 0 aliphatic carbocycles. The van der Waals surface area contributed by atoms with E-state index in [1.807, 2.05) is 43.3 Å². The second kappa shape index (κ2) is 9.98. The Balaban J connectivity index is 1.62. The van der Waals surface area contributed by atoms with Crippen molar-refractivity contribution in [3.8, 4) is 0 Å². The number of esters is 1. The average molecular weight is 354 g/mol. The summed E-state index contributed by atoms with van der Waals surface area (Å²) >= 11 is 0. The van der Waals surface area contributed by atoms with E-state index in [2.05, 4.69) is 10.9 Å². The van der Waals surface area contributed by atoms with Crippen LogP contribution in [0.25, 0.3) is 0 Å². The second-order valence-corrected chi connectivity index (χ2v) is 5.83. The highest BCUT2D eigenvalue weighted by molar-refractivity contribution is 5.95. The van der Waals surface area contributed by atoms with Gasteiger partial charge < -0.3 is 4.74 Å². The molecule has 2 aromatic carbocycles. The molecule has 2 amide bonds. The van der Waals surface area contributed by atoms with E-state index in [9.17, 15) is 14.4 Å². The Hall–Kier alpha value is -3.15. The third kappa shape index (κ3) is 6.76. The molecule has 0 heterocycles. The number of rotatable bonds is 7. The van der Waals surface area contributed by atoms with Gasteiger partial charge >= 0.3 is 5.97 Å². The average Bonchev–Trinajstić information content (AvgIpc) is 2.65. The van der Waals surface area contributed by atoms with Crippen LogP contribution in [0.5, 0.6) is 0 Å². The number of nitrogens with one attached hydrogen (secondary N) is 2. The molecule has 0 aromatic heterocycles. The zero-order chi connectivity index (χ0) is 18.8. The van der Waals surface area contributed by atoms with Crippen molar-refractivity contribution in [3.05, 3.63) is 71.3 Å². The van der Waals surface area contributed by atoms with Crippen LogP contribution in [0.2, 0.25) is 0 Å². The summed E-state index contributed by atoms with van der Waals surface area (Å²) in [5.74, 6) is -1.31. The van der Waals surface area contributed by atoms with Crippen molar-refractivity contribution in [2.24, 2.45) is 0 Å². The lowest BCUT2D eigenvalue weighted by molar-refractivity contribution is -0.144. The van der Waals surface area contributed by atoms with E-state index in [4.69, 9.17) is 4.74 Å². The van der Waals surface area contributed by atoms with E-state index >= 15 is 0 Å². The van der Waals surface area contributed by atoms with Gasteiger partial charge in [-0.05, 0) is 24.6 Å². The lowest BCUT2D eigenvalue weighted by Gasteiger charge is -2.08. The highest BCUT2D eigenvalue weighted by Crippen LogP contribution is 2.03. The van der Waals surface area contributed by atoms with Gasteiger partial charge in [-0.1, -0.05) is 48.0 Å². The number of hydrogen-bond acceptors (Lipinski definition) is 4. The van der Waals surface area contributed by atoms with Crippen LogP contribution in [-0.2, 0) is 20.7 Å². The predicted molar refractivity (Wildman–Crippen MR) is 97.1 cm³/mol. The molecular formula is C20H22N2O4. The Morgan fingerprint density at radius 2 is 1.69 bits per heavy atom. The molecule has 0 aliphatic rings. The summed E-state index contributed by atoms with van der Waals surface area (Å²) in [5, 5.41) is 0. The number of hydrogen-bond donors (Lipinski definition) is 2. The molecule has 0 saturated heterocycles. The summed E-state index contributed by atoms with van der Waals surface area (Å²) in [6, 6.07) is 16.7. The third-order valence-corrected chi connectivity index (χ3v) is 3.65. The lowest BCUT2D eigenvalue weighted by atomic mass is 10.1. The number of hydrazine groups is 1. The Morgan fingerprint density at radius 3 is 2.42 bits per heavy atom. The van der Waals surface area contributed by atoms with Gasteiger partial charge in [0, 0.05) is 18.4 Å². The fourth-order valence-electron chi connectivity index (χ4n) is 2.26. The van der Waals surface area contributed by atoms with Gasteiger partial charge in [-0.3, -0.25) is 25.2 Å². The van der Waals surface area contributed by atoms with Gasteiger partial charge in [-0.25, -0.2) is 0 Å². The first-order valence-electron chi connectivity index (χ1n) is 8.40. The van der Waals surface area contributed by atoms with Gasteiger partial charge in [0.25, 0.3) is 5.91 Å². The SMILES string of the molecule is Cc1cccc(C(=O)NNC(=O)CCC(=O)OCCc2ccccc2)c1. The maximum absolute atomic E-state index is 11.9. The van der Waals surface area contributed by atoms with Gasteiger partial charge in [0.2, 0.25) is 5.91 Å². The van der Waals surface area contributed by atoms with Crippen LogP contribution in [0.4, 0.5) is 0 Å². The van der Waals surface area contributed by atoms with Crippen LogP contribution in [0, 0.1) is 6.92 Å². The normalized spacial score (nSPS) is 10.0. The Morgan fingerprint density at radius 1 is 0.923 bits per heavy atom. The predicted octanol–water partition coefficient (Wildman–Crippen LogP) is 2.32. The maximum atomic E-state index is 11.9. The Bertz CT molecular complexity index is 759. The maximum Gasteiger partial charge on any atom is 0.306 e. The summed E-state index contributed by atoms with van der Waals surface area (Å²) in [6.07, 6.45) is 0.532. The van der Waals surface area contributed by atoms with Crippen molar-refractivity contribution < 1.29 is 19.1 Å². The van der Waals surface area contributed by atoms with E-state index < -0.39 is 17.8 Å². The molecule has 2 rings (SSSR count). The third-order valence-electron chi connectivity index (χ3n) is 3.65. The minimum absolute atomic E-state index is 0.0407. The zero-order valence-corrected chi connectivity index (χ0v) is 14.7. The number of ether oxygens (including phenoxy) is 1. The molecule has 0 aliphatic heterocycles. The van der Waals surface area contributed by atoms with E-state index in [0.717, 1.165) is 11.1 Å². The van der Waals surface area contributed by atoms with Crippen molar-refractivity contribution in [2.75, 3.05) is 6.61 Å². The van der Waals surface area contributed by atoms with E-state index in [1.165, 1.54) is 0 Å². The van der Waals surface area contributed by atoms with E-state index in [-0.39, 0.29) is 19.4 Å². The van der Waals surface area contributed by atoms with Crippen LogP contribution < -0.4 is 10.9 Å². The molecule has 0 saturated carbocycles. The molecule has 0 atom stereocenters. The van der Waals surface area contributed by atoms with Crippen molar-refractivity contribution in [3.63, 3.8) is 0 Å². The minimum Gasteiger partial charge on any atom is -0.465 e. The van der Waals surface area contributed by atoms with Gasteiger partial charge in [0.1, 0.15) is 0 Å². The largest absolute Gasteiger partial charge is 0.465 e. The number of carbonyl (C=O) groups is 3. The highest BCUT2D eigenvalue weighted by atomic mass is 16.5. The van der Waals surface area contributed by atoms with Gasteiger partial charge in [0.15, 0.2) is 0 Å². The molecule has 26 heavy (non-hydrogen) atoms. The van der Waals surface area contributed by atoms with Crippen LogP contribution in [0.15, 0.2) is 54.6 Å². The quantitative estimate of drug-likeness (QED) is 0.590. The van der Waals surface area contributed by atoms with Crippen LogP contribution in [-0.4, -0.2) is 24.4 Å². The highest BCUT2D eigenvalue weighted by Gasteiger charge is 2.10. The Kier molecular flexibility index (Phi) is 7.36. The summed E-state index contributed by atoms with van der Waals surface area (Å²) in [6.45, 7) is 2.15. The van der Waals surface area contributed by atoms with Crippen LogP contribution >= 0.6 is 0 Å². The number of carbonyl (C=O) groups excluding carboxylic acids is 3. The summed E-state index contributed by atoms with van der Waals surface area (Å²) in [7, 11) is 0. The summed E-state index contributed by atoms with van der Waals surface area (Å²) in [5.41, 5.74) is 7.09. The molecule has 136 valence electrons. The van der Waals surface area contributed by atoms with Crippen LogP contribution in [0.3, 0.4) is 0 Å². The monoisotopic (exact) mass is 354 g/mol. The molecule has 0 bridgehead atoms. The second-order valence-electron chi connectivity index (χ2n) is 5.83. The molecule has 0 spiro atoms. The van der Waals surface area contributed by atoms with Gasteiger partial charge in [0.05, 0.1) is 13.0 Å². The molecule has 0 fully saturated rings. The van der Waals surface area contributed by atoms with Crippen molar-refractivity contribution in [1.29, 1.82) is 0 Å². The molecule has 2 N–H and O–H groups in total. The molecule has 0 unspecified atom stereocenters. The fraction of sp³-hybridized carbons (Fsp3) is 0.250. The van der Waals surface area contributed by atoms with Gasteiger partial charge in [-0.15, -0.1) is 0 Å². The molecule has 6 nitrogen and oxygen atoms in total. The smallest absolute Gasteiger partial charge is 0.306 e. The topological polar surface area (TPSA) is 84.5 Å². The van der Waals surface area contributed by atoms with Crippen molar-refractivity contribution in [1.82, 2.24) is 10.9 Å². The standard InChI is InChI=1S/C20H22N2O4/c1-15-6-5-9-17(14-15)20(25)22-21-18(23)10-11-19(24)26-13-12-16-7-3-2-4-8-16/h2-9,14H,10-13H2,1H3,(H,21,23)(H,22,25). The zero-order valence-electron chi connectivity index (χ0n) is 14.7. The van der Waals surface area contributed by atoms with Crippen molar-refractivity contribution in [2.45, 2.75) is 26.2 Å². The summed E-state index contributed by atoms with van der Waals surface area (Å²) in [4.78, 5) is 35.3. The first-order valence-corrected chi connectivity index (χ1v) is 8.40. The Labute approximate surface area is 152 Å². The van der Waals surface area contributed by atoms with Gasteiger partial charge in [-0.2, -0.15) is 0 Å². The van der Waals surface area contributed by atoms with Crippen molar-refractivity contribution >= 4 is 17.8 Å². The first kappa shape index (κ1) is 19.2. The number of aryl methyl sites for hydroxylation is 1. The molecule has 0 radical (unpaired) electrons. The van der Waals surface area contributed by atoms with E-state index in [1.54, 1.807) is 18.2 Å². The van der Waals surface area contributed by atoms with E-state index in [0.29, 0.717) is 12.0 Å².